The fraction of sp³-hybridized carbons (Fsp3) is 0. The molecule has 0 saturated heterocycles. The van der Waals surface area contributed by atoms with Gasteiger partial charge in [-0.1, -0.05) is 11.6 Å². The fourth-order valence-electron chi connectivity index (χ4n) is 2.36. The lowest BCUT2D eigenvalue weighted by Crippen LogP contribution is -1.89. The van der Waals surface area contributed by atoms with Gasteiger partial charge in [0.25, 0.3) is 0 Å². The van der Waals surface area contributed by atoms with Crippen molar-refractivity contribution < 1.29 is 8.83 Å². The van der Waals surface area contributed by atoms with Crippen LogP contribution >= 0.6 is 11.6 Å². The fourth-order valence-corrected chi connectivity index (χ4v) is 2.65. The van der Waals surface area contributed by atoms with Gasteiger partial charge in [0, 0.05) is 21.9 Å². The predicted octanol–water partition coefficient (Wildman–Crippen LogP) is 3.80. The number of nitrogens with one attached hydrogen (secondary N) is 1. The summed E-state index contributed by atoms with van der Waals surface area (Å²) in [6.45, 7) is 0. The van der Waals surface area contributed by atoms with E-state index in [4.69, 9.17) is 26.2 Å². The highest BCUT2D eigenvalue weighted by molar-refractivity contribution is 6.41. The molecule has 4 aromatic rings. The molecule has 0 aliphatic rings. The maximum Gasteiger partial charge on any atom is 0.153 e. The number of hydrogen-bond donors (Lipinski definition) is 2. The van der Waals surface area contributed by atoms with Gasteiger partial charge in [0.15, 0.2) is 5.58 Å². The molecule has 3 heterocycles. The lowest BCUT2D eigenvalue weighted by Gasteiger charge is -2.04. The number of nitrogens with zero attached hydrogens (tertiary/aromatic N) is 1. The number of aromatic amines is 1. The first-order valence-electron chi connectivity index (χ1n) is 5.62. The van der Waals surface area contributed by atoms with Crippen LogP contribution in [0.2, 0.25) is 5.02 Å². The van der Waals surface area contributed by atoms with Crippen molar-refractivity contribution in [3.8, 4) is 11.1 Å². The molecule has 3 aromatic heterocycles. The number of hydrogen-bond acceptors (Lipinski definition) is 4. The van der Waals surface area contributed by atoms with Gasteiger partial charge in [-0.3, -0.25) is 5.10 Å². The molecule has 0 aliphatic heterocycles. The molecule has 3 N–H and O–H groups in total. The molecule has 0 amide bonds. The maximum absolute atomic E-state index is 6.32. The highest BCUT2D eigenvalue weighted by atomic mass is 35.5. The first-order valence-corrected chi connectivity index (χ1v) is 6.00. The summed E-state index contributed by atoms with van der Waals surface area (Å²) in [7, 11) is 0. The molecule has 0 atom stereocenters. The van der Waals surface area contributed by atoms with Gasteiger partial charge in [0.05, 0.1) is 23.7 Å². The summed E-state index contributed by atoms with van der Waals surface area (Å²) in [5.41, 5.74) is 8.80. The van der Waals surface area contributed by atoms with Crippen LogP contribution in [0.25, 0.3) is 33.1 Å². The van der Waals surface area contributed by atoms with Crippen molar-refractivity contribution in [3.05, 3.63) is 35.9 Å². The summed E-state index contributed by atoms with van der Waals surface area (Å²) in [6.07, 6.45) is 4.84. The van der Waals surface area contributed by atoms with E-state index in [9.17, 15) is 0 Å². The molecule has 0 fully saturated rings. The molecule has 94 valence electrons. The minimum Gasteiger partial charge on any atom is -0.464 e. The second kappa shape index (κ2) is 3.55. The van der Waals surface area contributed by atoms with E-state index in [1.54, 1.807) is 24.8 Å². The maximum atomic E-state index is 6.32. The Morgan fingerprint density at radius 1 is 1.11 bits per heavy atom. The van der Waals surface area contributed by atoms with Crippen LogP contribution in [-0.4, -0.2) is 10.2 Å². The number of aromatic nitrogens is 2. The van der Waals surface area contributed by atoms with Crippen molar-refractivity contribution >= 4 is 39.4 Å². The Labute approximate surface area is 111 Å². The molecule has 0 radical (unpaired) electrons. The number of nitrogen functional groups attached to an aromatic ring is 1. The van der Waals surface area contributed by atoms with Crippen LogP contribution in [0.5, 0.6) is 0 Å². The second-order valence-electron chi connectivity index (χ2n) is 4.21. The standard InChI is InChI=1S/C13H8ClN3O2/c14-10-7-2-4-18-11(7)9(6-1-3-19-12(6)10)8-5-16-17-13(8)15/h1-5H,(H3,15,16,17). The van der Waals surface area contributed by atoms with Crippen molar-refractivity contribution in [2.75, 3.05) is 5.73 Å². The summed E-state index contributed by atoms with van der Waals surface area (Å²) in [6, 6.07) is 3.64. The molecular formula is C13H8ClN3O2. The van der Waals surface area contributed by atoms with Gasteiger partial charge >= 0.3 is 0 Å². The first-order chi connectivity index (χ1) is 9.27. The molecule has 19 heavy (non-hydrogen) atoms. The summed E-state index contributed by atoms with van der Waals surface area (Å²) >= 11 is 6.32. The largest absolute Gasteiger partial charge is 0.464 e. The highest BCUT2D eigenvalue weighted by Crippen LogP contribution is 2.43. The topological polar surface area (TPSA) is 81.0 Å². The zero-order valence-electron chi connectivity index (χ0n) is 9.61. The Balaban J connectivity index is 2.29. The first kappa shape index (κ1) is 10.5. The van der Waals surface area contributed by atoms with E-state index < -0.39 is 0 Å². The number of fused-ring (bicyclic) bond motifs is 2. The lowest BCUT2D eigenvalue weighted by molar-refractivity contribution is 0.613. The van der Waals surface area contributed by atoms with E-state index in [0.717, 1.165) is 21.9 Å². The van der Waals surface area contributed by atoms with Gasteiger partial charge in [-0.25, -0.2) is 0 Å². The minimum absolute atomic E-state index is 0.475. The van der Waals surface area contributed by atoms with Crippen molar-refractivity contribution in [1.29, 1.82) is 0 Å². The minimum atomic E-state index is 0.475. The van der Waals surface area contributed by atoms with Crippen molar-refractivity contribution in [2.24, 2.45) is 0 Å². The summed E-state index contributed by atoms with van der Waals surface area (Å²) < 4.78 is 11.0. The van der Waals surface area contributed by atoms with Crippen LogP contribution < -0.4 is 5.73 Å². The second-order valence-corrected chi connectivity index (χ2v) is 4.59. The van der Waals surface area contributed by atoms with E-state index in [1.165, 1.54) is 0 Å². The van der Waals surface area contributed by atoms with Gasteiger partial charge in [0.1, 0.15) is 11.4 Å². The van der Waals surface area contributed by atoms with E-state index in [2.05, 4.69) is 10.2 Å². The number of benzene rings is 1. The molecule has 5 nitrogen and oxygen atoms in total. The monoisotopic (exact) mass is 273 g/mol. The molecule has 0 spiro atoms. The Morgan fingerprint density at radius 2 is 1.84 bits per heavy atom. The zero-order chi connectivity index (χ0) is 13.0. The Kier molecular flexibility index (Phi) is 1.97. The van der Waals surface area contributed by atoms with Crippen LogP contribution in [0.1, 0.15) is 0 Å². The third-order valence-electron chi connectivity index (χ3n) is 3.20. The van der Waals surface area contributed by atoms with Gasteiger partial charge in [-0.2, -0.15) is 5.10 Å². The number of nitrogens with two attached hydrogens (primary N) is 1. The smallest absolute Gasteiger partial charge is 0.153 e. The number of halogens is 1. The average Bonchev–Trinajstić information content (AvgIpc) is 3.10. The average molecular weight is 274 g/mol. The predicted molar refractivity (Wildman–Crippen MR) is 73.0 cm³/mol. The summed E-state index contributed by atoms with van der Waals surface area (Å²) in [4.78, 5) is 0. The molecule has 6 heteroatoms. The quantitative estimate of drug-likeness (QED) is 0.552. The van der Waals surface area contributed by atoms with Crippen LogP contribution in [0, 0.1) is 0 Å². The normalized spacial score (nSPS) is 11.6. The summed E-state index contributed by atoms with van der Waals surface area (Å²) in [5.74, 6) is 0.475. The molecule has 1 aromatic carbocycles. The molecule has 0 saturated carbocycles. The Morgan fingerprint density at radius 3 is 2.58 bits per heavy atom. The van der Waals surface area contributed by atoms with Gasteiger partial charge in [-0.05, 0) is 12.1 Å². The number of anilines is 1. The number of furan rings is 2. The lowest BCUT2D eigenvalue weighted by atomic mass is 10.0. The molecular weight excluding hydrogens is 266 g/mol. The Bertz CT molecular complexity index is 851. The third-order valence-corrected chi connectivity index (χ3v) is 3.58. The molecule has 4 rings (SSSR count). The van der Waals surface area contributed by atoms with E-state index in [-0.39, 0.29) is 0 Å². The molecule has 0 unspecified atom stereocenters. The third kappa shape index (κ3) is 1.27. The Hall–Kier alpha value is -2.40. The van der Waals surface area contributed by atoms with Crippen LogP contribution in [0.4, 0.5) is 5.82 Å². The van der Waals surface area contributed by atoms with Crippen molar-refractivity contribution in [1.82, 2.24) is 10.2 Å². The van der Waals surface area contributed by atoms with Gasteiger partial charge < -0.3 is 14.6 Å². The highest BCUT2D eigenvalue weighted by Gasteiger charge is 2.20. The van der Waals surface area contributed by atoms with Crippen molar-refractivity contribution in [3.63, 3.8) is 0 Å². The summed E-state index contributed by atoms with van der Waals surface area (Å²) in [5, 5.41) is 8.84. The van der Waals surface area contributed by atoms with E-state index in [0.29, 0.717) is 22.0 Å². The number of rotatable bonds is 1. The van der Waals surface area contributed by atoms with E-state index >= 15 is 0 Å². The van der Waals surface area contributed by atoms with Crippen molar-refractivity contribution in [2.45, 2.75) is 0 Å². The SMILES string of the molecule is Nc1[nH]ncc1-c1c2ccoc2c(Cl)c2ccoc12. The zero-order valence-corrected chi connectivity index (χ0v) is 10.4. The van der Waals surface area contributed by atoms with Crippen LogP contribution in [0.3, 0.4) is 0 Å². The van der Waals surface area contributed by atoms with Gasteiger partial charge in [-0.15, -0.1) is 0 Å². The van der Waals surface area contributed by atoms with E-state index in [1.807, 2.05) is 6.07 Å². The van der Waals surface area contributed by atoms with Crippen LogP contribution in [0.15, 0.2) is 39.7 Å². The van der Waals surface area contributed by atoms with Gasteiger partial charge in [0.2, 0.25) is 0 Å². The molecule has 0 aliphatic carbocycles. The van der Waals surface area contributed by atoms with Crippen LogP contribution in [-0.2, 0) is 0 Å². The molecule has 0 bridgehead atoms. The number of H-pyrrole nitrogens is 1.